The van der Waals surface area contributed by atoms with Gasteiger partial charge in [-0.2, -0.15) is 0 Å². The number of aromatic nitrogens is 1. The Balaban J connectivity index is 2.39. The molecule has 3 heteroatoms. The summed E-state index contributed by atoms with van der Waals surface area (Å²) in [6.45, 7) is 6.41. The molecule has 2 N–H and O–H groups in total. The summed E-state index contributed by atoms with van der Waals surface area (Å²) < 4.78 is 5.30. The molecule has 0 aliphatic rings. The van der Waals surface area contributed by atoms with Crippen LogP contribution in [0.25, 0.3) is 11.3 Å². The second kappa shape index (κ2) is 4.62. The maximum atomic E-state index is 5.76. The topological polar surface area (TPSA) is 52.0 Å². The van der Waals surface area contributed by atoms with Gasteiger partial charge in [0.1, 0.15) is 0 Å². The Labute approximate surface area is 102 Å². The molecule has 0 aliphatic heterocycles. The van der Waals surface area contributed by atoms with Crippen molar-refractivity contribution >= 4 is 5.82 Å². The fourth-order valence-corrected chi connectivity index (χ4v) is 1.91. The summed E-state index contributed by atoms with van der Waals surface area (Å²) in [7, 11) is 0. The number of hydrogen-bond donors (Lipinski definition) is 1. The lowest BCUT2D eigenvalue weighted by Crippen LogP contribution is -1.91. The standard InChI is InChI=1S/C14H18N2O/c1-4-12-13(17-16-14(12)15)11-7-5-10(6-8-11)9(2)3/h5-9H,4H2,1-3H3,(H2,15,16). The van der Waals surface area contributed by atoms with E-state index >= 15 is 0 Å². The third kappa shape index (κ3) is 2.18. The lowest BCUT2D eigenvalue weighted by atomic mass is 9.99. The Morgan fingerprint density at radius 2 is 1.88 bits per heavy atom. The fraction of sp³-hybridized carbons (Fsp3) is 0.357. The molecule has 1 aromatic heterocycles. The van der Waals surface area contributed by atoms with Crippen LogP contribution in [0.2, 0.25) is 0 Å². The largest absolute Gasteiger partial charge is 0.381 e. The van der Waals surface area contributed by atoms with Gasteiger partial charge < -0.3 is 10.3 Å². The van der Waals surface area contributed by atoms with Crippen LogP contribution in [0.1, 0.15) is 37.8 Å². The van der Waals surface area contributed by atoms with Crippen LogP contribution >= 0.6 is 0 Å². The first-order valence-electron chi connectivity index (χ1n) is 5.97. The highest BCUT2D eigenvalue weighted by atomic mass is 16.5. The van der Waals surface area contributed by atoms with Crippen molar-refractivity contribution in [2.24, 2.45) is 0 Å². The summed E-state index contributed by atoms with van der Waals surface area (Å²) in [5.74, 6) is 1.82. The van der Waals surface area contributed by atoms with Crippen molar-refractivity contribution in [1.29, 1.82) is 0 Å². The maximum absolute atomic E-state index is 5.76. The zero-order valence-electron chi connectivity index (χ0n) is 10.5. The average molecular weight is 230 g/mol. The normalized spacial score (nSPS) is 11.1. The molecule has 0 spiro atoms. The highest BCUT2D eigenvalue weighted by Gasteiger charge is 2.13. The molecule has 3 nitrogen and oxygen atoms in total. The smallest absolute Gasteiger partial charge is 0.172 e. The highest BCUT2D eigenvalue weighted by molar-refractivity contribution is 5.66. The fourth-order valence-electron chi connectivity index (χ4n) is 1.91. The zero-order chi connectivity index (χ0) is 12.4. The monoisotopic (exact) mass is 230 g/mol. The SMILES string of the molecule is CCc1c(N)noc1-c1ccc(C(C)C)cc1. The Hall–Kier alpha value is -1.77. The summed E-state index contributed by atoms with van der Waals surface area (Å²) >= 11 is 0. The number of nitrogens with zero attached hydrogens (tertiary/aromatic N) is 1. The van der Waals surface area contributed by atoms with E-state index in [1.165, 1.54) is 5.56 Å². The molecular formula is C14H18N2O. The lowest BCUT2D eigenvalue weighted by Gasteiger charge is -2.05. The van der Waals surface area contributed by atoms with Crippen molar-refractivity contribution < 1.29 is 4.52 Å². The van der Waals surface area contributed by atoms with Gasteiger partial charge in [0, 0.05) is 11.1 Å². The van der Waals surface area contributed by atoms with Crippen LogP contribution < -0.4 is 5.73 Å². The molecule has 0 bridgehead atoms. The first-order valence-corrected chi connectivity index (χ1v) is 5.97. The molecule has 0 saturated carbocycles. The molecule has 2 aromatic rings. The minimum Gasteiger partial charge on any atom is -0.381 e. The van der Waals surface area contributed by atoms with Crippen LogP contribution in [0.4, 0.5) is 5.82 Å². The van der Waals surface area contributed by atoms with Gasteiger partial charge in [0.2, 0.25) is 0 Å². The Morgan fingerprint density at radius 3 is 2.41 bits per heavy atom. The number of anilines is 1. The first kappa shape index (κ1) is 11.7. The first-order chi connectivity index (χ1) is 8.13. The number of hydrogen-bond acceptors (Lipinski definition) is 3. The highest BCUT2D eigenvalue weighted by Crippen LogP contribution is 2.29. The minimum atomic E-state index is 0.496. The number of nitrogens with two attached hydrogens (primary N) is 1. The van der Waals surface area contributed by atoms with Gasteiger partial charge in [-0.05, 0) is 17.9 Å². The van der Waals surface area contributed by atoms with Gasteiger partial charge in [-0.1, -0.05) is 50.2 Å². The van der Waals surface area contributed by atoms with E-state index in [0.29, 0.717) is 11.7 Å². The Bertz CT molecular complexity index is 497. The number of nitrogen functional groups attached to an aromatic ring is 1. The second-order valence-corrected chi connectivity index (χ2v) is 4.51. The summed E-state index contributed by atoms with van der Waals surface area (Å²) in [6, 6.07) is 8.37. The van der Waals surface area contributed by atoms with Crippen molar-refractivity contribution in [3.8, 4) is 11.3 Å². The quantitative estimate of drug-likeness (QED) is 0.876. The van der Waals surface area contributed by atoms with Gasteiger partial charge in [-0.15, -0.1) is 0 Å². The van der Waals surface area contributed by atoms with Gasteiger partial charge in [0.25, 0.3) is 0 Å². The molecule has 90 valence electrons. The van der Waals surface area contributed by atoms with Gasteiger partial charge in [-0.25, -0.2) is 0 Å². The second-order valence-electron chi connectivity index (χ2n) is 4.51. The molecule has 1 heterocycles. The number of rotatable bonds is 3. The zero-order valence-corrected chi connectivity index (χ0v) is 10.5. The van der Waals surface area contributed by atoms with E-state index in [-0.39, 0.29) is 0 Å². The van der Waals surface area contributed by atoms with E-state index in [4.69, 9.17) is 10.3 Å². The number of benzene rings is 1. The van der Waals surface area contributed by atoms with E-state index in [9.17, 15) is 0 Å². The van der Waals surface area contributed by atoms with Crippen molar-refractivity contribution in [2.45, 2.75) is 33.1 Å². The van der Waals surface area contributed by atoms with Crippen LogP contribution in [0.15, 0.2) is 28.8 Å². The molecule has 2 rings (SSSR count). The van der Waals surface area contributed by atoms with Crippen LogP contribution in [-0.2, 0) is 6.42 Å². The molecule has 17 heavy (non-hydrogen) atoms. The summed E-state index contributed by atoms with van der Waals surface area (Å²) in [5.41, 5.74) is 9.11. The molecule has 0 saturated heterocycles. The van der Waals surface area contributed by atoms with Crippen LogP contribution in [0.3, 0.4) is 0 Å². The molecule has 0 radical (unpaired) electrons. The van der Waals surface area contributed by atoms with Crippen LogP contribution in [0.5, 0.6) is 0 Å². The van der Waals surface area contributed by atoms with Gasteiger partial charge in [-0.3, -0.25) is 0 Å². The van der Waals surface area contributed by atoms with Crippen molar-refractivity contribution in [3.63, 3.8) is 0 Å². The predicted molar refractivity (Wildman–Crippen MR) is 69.8 cm³/mol. The Kier molecular flexibility index (Phi) is 3.18. The van der Waals surface area contributed by atoms with E-state index in [1.807, 2.05) is 0 Å². The Morgan fingerprint density at radius 1 is 1.24 bits per heavy atom. The van der Waals surface area contributed by atoms with E-state index in [1.54, 1.807) is 0 Å². The third-order valence-electron chi connectivity index (χ3n) is 3.01. The van der Waals surface area contributed by atoms with Crippen LogP contribution in [0, 0.1) is 0 Å². The average Bonchev–Trinajstić information content (AvgIpc) is 2.70. The predicted octanol–water partition coefficient (Wildman–Crippen LogP) is 3.61. The minimum absolute atomic E-state index is 0.496. The van der Waals surface area contributed by atoms with Crippen molar-refractivity contribution in [1.82, 2.24) is 5.16 Å². The maximum Gasteiger partial charge on any atom is 0.172 e. The van der Waals surface area contributed by atoms with E-state index in [2.05, 4.69) is 50.2 Å². The van der Waals surface area contributed by atoms with Gasteiger partial charge in [0.05, 0.1) is 0 Å². The molecule has 0 unspecified atom stereocenters. The van der Waals surface area contributed by atoms with Gasteiger partial charge >= 0.3 is 0 Å². The summed E-state index contributed by atoms with van der Waals surface area (Å²) in [4.78, 5) is 0. The lowest BCUT2D eigenvalue weighted by molar-refractivity contribution is 0.435. The van der Waals surface area contributed by atoms with Crippen molar-refractivity contribution in [2.75, 3.05) is 5.73 Å². The molecule has 0 fully saturated rings. The molecule has 1 aromatic carbocycles. The molecule has 0 atom stereocenters. The molecule has 0 amide bonds. The third-order valence-corrected chi connectivity index (χ3v) is 3.01. The van der Waals surface area contributed by atoms with Crippen LogP contribution in [-0.4, -0.2) is 5.16 Å². The van der Waals surface area contributed by atoms with E-state index < -0.39 is 0 Å². The van der Waals surface area contributed by atoms with Gasteiger partial charge in [0.15, 0.2) is 11.6 Å². The molecule has 0 aliphatic carbocycles. The molecular weight excluding hydrogens is 212 g/mol. The van der Waals surface area contributed by atoms with Crippen molar-refractivity contribution in [3.05, 3.63) is 35.4 Å². The summed E-state index contributed by atoms with van der Waals surface area (Å²) in [6.07, 6.45) is 0.830. The van der Waals surface area contributed by atoms with E-state index in [0.717, 1.165) is 23.3 Å². The summed E-state index contributed by atoms with van der Waals surface area (Å²) in [5, 5.41) is 3.82.